The van der Waals surface area contributed by atoms with E-state index in [4.69, 9.17) is 19.5 Å². The Bertz CT molecular complexity index is 1140. The number of nitrogens with one attached hydrogen (secondary N) is 1. The predicted molar refractivity (Wildman–Crippen MR) is 106 cm³/mol. The van der Waals surface area contributed by atoms with Gasteiger partial charge in [0.15, 0.2) is 12.7 Å². The smallest absolute Gasteiger partial charge is 0.336 e. The Morgan fingerprint density at radius 1 is 1.22 bits per heavy atom. The summed E-state index contributed by atoms with van der Waals surface area (Å²) in [6, 6.07) is 8.39. The van der Waals surface area contributed by atoms with Crippen LogP contribution in [-0.2, 0) is 25.7 Å². The Morgan fingerprint density at radius 2 is 1.84 bits per heavy atom. The molecule has 1 aromatic carbocycles. The summed E-state index contributed by atoms with van der Waals surface area (Å²) in [5, 5.41) is 26.9. The van der Waals surface area contributed by atoms with Crippen LogP contribution in [0.5, 0.6) is 5.75 Å². The highest BCUT2D eigenvalue weighted by atomic mass is 16.8. The second kappa shape index (κ2) is 9.22. The quantitative estimate of drug-likeness (QED) is 0.515. The predicted octanol–water partition coefficient (Wildman–Crippen LogP) is 1.34. The van der Waals surface area contributed by atoms with Gasteiger partial charge < -0.3 is 24.7 Å². The molecule has 0 fully saturated rings. The van der Waals surface area contributed by atoms with Crippen LogP contribution < -0.4 is 15.0 Å². The molecule has 0 saturated carbocycles. The molecule has 1 N–H and O–H groups in total. The summed E-state index contributed by atoms with van der Waals surface area (Å²) >= 11 is 0. The first-order valence-electron chi connectivity index (χ1n) is 9.39. The molecule has 2 heterocycles. The second-order valence-corrected chi connectivity index (χ2v) is 6.82. The molecule has 0 saturated heterocycles. The molecule has 11 heteroatoms. The highest BCUT2D eigenvalue weighted by Crippen LogP contribution is 2.40. The van der Waals surface area contributed by atoms with Gasteiger partial charge in [-0.25, -0.2) is 9.59 Å². The van der Waals surface area contributed by atoms with Gasteiger partial charge in [-0.3, -0.25) is 4.63 Å². The van der Waals surface area contributed by atoms with Crippen molar-refractivity contribution in [2.75, 3.05) is 14.2 Å². The number of allylic oxidation sites excluding steroid dienone is 2. The number of esters is 2. The van der Waals surface area contributed by atoms with Crippen LogP contribution in [0.3, 0.4) is 0 Å². The number of nitrogens with zero attached hydrogens (tertiary/aromatic N) is 3. The molecule has 11 nitrogen and oxygen atoms in total. The lowest BCUT2D eigenvalue weighted by atomic mass is 9.80. The molecule has 1 aromatic heterocycles. The van der Waals surface area contributed by atoms with Gasteiger partial charge in [-0.15, -0.1) is 0 Å². The number of carbonyl (C=O) groups excluding carboxylic acids is 2. The number of aromatic nitrogens is 2. The maximum absolute atomic E-state index is 12.6. The van der Waals surface area contributed by atoms with Crippen LogP contribution in [0.25, 0.3) is 0 Å². The average molecular weight is 440 g/mol. The van der Waals surface area contributed by atoms with E-state index in [1.807, 2.05) is 0 Å². The largest absolute Gasteiger partial charge is 0.485 e. The normalized spacial score (nSPS) is 14.0. The Hall–Kier alpha value is -4.33. The van der Waals surface area contributed by atoms with Crippen molar-refractivity contribution in [3.63, 3.8) is 0 Å². The number of carbonyl (C=O) groups is 2. The highest BCUT2D eigenvalue weighted by Gasteiger charge is 2.37. The van der Waals surface area contributed by atoms with Crippen molar-refractivity contribution in [3.8, 4) is 11.8 Å². The Kier molecular flexibility index (Phi) is 6.44. The van der Waals surface area contributed by atoms with E-state index in [0.29, 0.717) is 22.7 Å². The van der Waals surface area contributed by atoms with Crippen LogP contribution in [0.15, 0.2) is 51.4 Å². The van der Waals surface area contributed by atoms with Gasteiger partial charge in [0.25, 0.3) is 5.69 Å². The maximum Gasteiger partial charge on any atom is 0.336 e. The molecular weight excluding hydrogens is 420 g/mol. The van der Waals surface area contributed by atoms with Gasteiger partial charge in [-0.2, -0.15) is 5.26 Å². The van der Waals surface area contributed by atoms with Crippen molar-refractivity contribution in [2.24, 2.45) is 0 Å². The molecule has 2 aromatic rings. The minimum atomic E-state index is -0.773. The van der Waals surface area contributed by atoms with Crippen LogP contribution in [-0.4, -0.2) is 31.3 Å². The second-order valence-electron chi connectivity index (χ2n) is 6.82. The van der Waals surface area contributed by atoms with Gasteiger partial charge in [-0.1, -0.05) is 12.1 Å². The van der Waals surface area contributed by atoms with E-state index in [9.17, 15) is 14.8 Å². The molecular formula is C21H20N4O7. The molecule has 1 aliphatic heterocycles. The van der Waals surface area contributed by atoms with Gasteiger partial charge in [-0.05, 0) is 36.4 Å². The van der Waals surface area contributed by atoms with Crippen LogP contribution in [0, 0.1) is 16.5 Å². The monoisotopic (exact) mass is 440 g/mol. The van der Waals surface area contributed by atoms with Gasteiger partial charge in [0.1, 0.15) is 5.75 Å². The van der Waals surface area contributed by atoms with Gasteiger partial charge in [0.05, 0.1) is 31.3 Å². The van der Waals surface area contributed by atoms with Crippen molar-refractivity contribution in [3.05, 3.63) is 69.0 Å². The first kappa shape index (κ1) is 22.4. The third-order valence-corrected chi connectivity index (χ3v) is 4.92. The standard InChI is InChI=1S/C21H20N4O7/c1-11-17(20(26)29-3)19(18(12(2)23-11)21(27)30-4)13-6-5-7-14(8-13)31-10-15-16(9-22)25(28)32-24-15/h5-8,19,23H,10H2,1-4H3. The van der Waals surface area contributed by atoms with Crippen LogP contribution >= 0.6 is 0 Å². The van der Waals surface area contributed by atoms with E-state index in [2.05, 4.69) is 15.1 Å². The number of methoxy groups -OCH3 is 2. The first-order valence-corrected chi connectivity index (χ1v) is 9.39. The number of benzene rings is 1. The summed E-state index contributed by atoms with van der Waals surface area (Å²) in [5.74, 6) is -1.61. The van der Waals surface area contributed by atoms with E-state index < -0.39 is 17.9 Å². The lowest BCUT2D eigenvalue weighted by Crippen LogP contribution is -2.32. The fourth-order valence-corrected chi connectivity index (χ4v) is 3.50. The molecule has 0 amide bonds. The fourth-order valence-electron chi connectivity index (χ4n) is 3.50. The average Bonchev–Trinajstić information content (AvgIpc) is 3.15. The molecule has 0 atom stereocenters. The Morgan fingerprint density at radius 3 is 2.41 bits per heavy atom. The molecule has 0 aliphatic carbocycles. The van der Waals surface area contributed by atoms with Crippen LogP contribution in [0.4, 0.5) is 0 Å². The first-order chi connectivity index (χ1) is 15.3. The van der Waals surface area contributed by atoms with E-state index in [1.165, 1.54) is 14.2 Å². The third-order valence-electron chi connectivity index (χ3n) is 4.92. The summed E-state index contributed by atoms with van der Waals surface area (Å²) in [7, 11) is 2.52. The number of rotatable bonds is 6. The Balaban J connectivity index is 2.01. The zero-order valence-electron chi connectivity index (χ0n) is 17.8. The molecule has 0 radical (unpaired) electrons. The van der Waals surface area contributed by atoms with E-state index >= 15 is 0 Å². The van der Waals surface area contributed by atoms with E-state index in [-0.39, 0.29) is 34.0 Å². The van der Waals surface area contributed by atoms with E-state index in [1.54, 1.807) is 44.2 Å². The van der Waals surface area contributed by atoms with Crippen LogP contribution in [0.1, 0.15) is 36.7 Å². The minimum Gasteiger partial charge on any atom is -0.485 e. The van der Waals surface area contributed by atoms with Crippen molar-refractivity contribution in [1.29, 1.82) is 5.26 Å². The summed E-state index contributed by atoms with van der Waals surface area (Å²) in [6.45, 7) is 3.22. The zero-order valence-corrected chi connectivity index (χ0v) is 17.8. The zero-order chi connectivity index (χ0) is 23.4. The number of hydrogen-bond acceptors (Lipinski definition) is 10. The fraction of sp³-hybridized carbons (Fsp3) is 0.286. The topological polar surface area (TPSA) is 151 Å². The summed E-state index contributed by atoms with van der Waals surface area (Å²) < 4.78 is 20.0. The molecule has 3 rings (SSSR count). The number of hydrogen-bond donors (Lipinski definition) is 1. The summed E-state index contributed by atoms with van der Waals surface area (Å²) in [6.07, 6.45) is 0. The third kappa shape index (κ3) is 4.11. The van der Waals surface area contributed by atoms with Crippen molar-refractivity contribution >= 4 is 11.9 Å². The number of nitriles is 1. The van der Waals surface area contributed by atoms with Crippen molar-refractivity contribution in [2.45, 2.75) is 26.4 Å². The lowest BCUT2D eigenvalue weighted by molar-refractivity contribution is -0.804. The van der Waals surface area contributed by atoms with Gasteiger partial charge in [0, 0.05) is 16.6 Å². The maximum atomic E-state index is 12.6. The SMILES string of the molecule is COC(=O)C1=C(C)NC(C)=C(C(=O)OC)C1c1cccc(OCc2no[n+]([O-])c2C#N)c1. The molecule has 0 spiro atoms. The van der Waals surface area contributed by atoms with Gasteiger partial charge in [0.2, 0.25) is 0 Å². The van der Waals surface area contributed by atoms with E-state index in [0.717, 1.165) is 0 Å². The summed E-state index contributed by atoms with van der Waals surface area (Å²) in [4.78, 5) is 25.2. The van der Waals surface area contributed by atoms with Gasteiger partial charge >= 0.3 is 17.6 Å². The Labute approximate surface area is 183 Å². The molecule has 1 aliphatic rings. The molecule has 166 valence electrons. The molecule has 32 heavy (non-hydrogen) atoms. The summed E-state index contributed by atoms with van der Waals surface area (Å²) in [5.41, 5.74) is 1.89. The van der Waals surface area contributed by atoms with Crippen molar-refractivity contribution < 1.29 is 33.3 Å². The lowest BCUT2D eigenvalue weighted by Gasteiger charge is -2.30. The number of ether oxygens (including phenoxy) is 3. The number of dihydropyridines is 1. The van der Waals surface area contributed by atoms with Crippen molar-refractivity contribution in [1.82, 2.24) is 10.5 Å². The van der Waals surface area contributed by atoms with Crippen LogP contribution in [0.2, 0.25) is 0 Å². The molecule has 0 unspecified atom stereocenters. The minimum absolute atomic E-state index is 0.00341. The molecule has 0 bridgehead atoms. The highest BCUT2D eigenvalue weighted by molar-refractivity contribution is 5.99.